The standard InChI is InChI=1S/C6H7NO.C2H5Br/c1-5-6(8)3-2-4-7-5;1-2-3/h2-4,8H,1H3;2H2,1H3. The van der Waals surface area contributed by atoms with Crippen molar-refractivity contribution in [2.75, 3.05) is 5.33 Å². The van der Waals surface area contributed by atoms with Crippen molar-refractivity contribution in [1.82, 2.24) is 4.98 Å². The molecule has 0 saturated carbocycles. The fraction of sp³-hybridized carbons (Fsp3) is 0.375. The third-order valence-corrected chi connectivity index (χ3v) is 0.979. The summed E-state index contributed by atoms with van der Waals surface area (Å²) in [6.45, 7) is 3.80. The number of pyridine rings is 1. The van der Waals surface area contributed by atoms with Gasteiger partial charge >= 0.3 is 0 Å². The summed E-state index contributed by atoms with van der Waals surface area (Å²) in [4.78, 5) is 3.83. The maximum absolute atomic E-state index is 8.86. The second kappa shape index (κ2) is 6.16. The molecule has 11 heavy (non-hydrogen) atoms. The van der Waals surface area contributed by atoms with Gasteiger partial charge < -0.3 is 5.11 Å². The summed E-state index contributed by atoms with van der Waals surface area (Å²) in [5, 5.41) is 9.92. The minimum absolute atomic E-state index is 0.257. The van der Waals surface area contributed by atoms with Crippen LogP contribution in [0.15, 0.2) is 18.3 Å². The van der Waals surface area contributed by atoms with E-state index in [1.165, 1.54) is 0 Å². The van der Waals surface area contributed by atoms with Gasteiger partial charge in [0.25, 0.3) is 0 Å². The van der Waals surface area contributed by atoms with Crippen molar-refractivity contribution in [3.8, 4) is 5.75 Å². The highest BCUT2D eigenvalue weighted by molar-refractivity contribution is 9.09. The zero-order valence-corrected chi connectivity index (χ0v) is 8.30. The molecule has 2 nitrogen and oxygen atoms in total. The first-order chi connectivity index (χ1) is 5.22. The summed E-state index contributed by atoms with van der Waals surface area (Å²) >= 11 is 3.15. The van der Waals surface area contributed by atoms with E-state index in [9.17, 15) is 0 Å². The second-order valence-corrected chi connectivity index (χ2v) is 3.00. The van der Waals surface area contributed by atoms with Crippen LogP contribution < -0.4 is 0 Å². The van der Waals surface area contributed by atoms with Crippen LogP contribution >= 0.6 is 15.9 Å². The van der Waals surface area contributed by atoms with E-state index in [1.54, 1.807) is 25.3 Å². The van der Waals surface area contributed by atoms with Crippen LogP contribution in [0.25, 0.3) is 0 Å². The van der Waals surface area contributed by atoms with Crippen LogP contribution in [0.3, 0.4) is 0 Å². The number of alkyl halides is 1. The molecule has 0 unspecified atom stereocenters. The Morgan fingerprint density at radius 3 is 2.45 bits per heavy atom. The number of hydrogen-bond donors (Lipinski definition) is 1. The molecule has 0 aliphatic heterocycles. The van der Waals surface area contributed by atoms with Crippen LogP contribution in [0.2, 0.25) is 0 Å². The van der Waals surface area contributed by atoms with E-state index in [-0.39, 0.29) is 5.75 Å². The summed E-state index contributed by atoms with van der Waals surface area (Å²) in [6.07, 6.45) is 1.65. The molecule has 3 heteroatoms. The molecule has 0 aromatic carbocycles. The summed E-state index contributed by atoms with van der Waals surface area (Å²) in [5.41, 5.74) is 0.674. The predicted octanol–water partition coefficient (Wildman–Crippen LogP) is 2.50. The van der Waals surface area contributed by atoms with Crippen LogP contribution in [-0.4, -0.2) is 15.4 Å². The molecule has 0 radical (unpaired) electrons. The minimum atomic E-state index is 0.257. The van der Waals surface area contributed by atoms with Crippen LogP contribution in [0.1, 0.15) is 12.6 Å². The van der Waals surface area contributed by atoms with Gasteiger partial charge in [0.2, 0.25) is 0 Å². The first-order valence-electron chi connectivity index (χ1n) is 3.39. The van der Waals surface area contributed by atoms with Gasteiger partial charge in [0.05, 0.1) is 5.69 Å². The third kappa shape index (κ3) is 4.79. The number of nitrogens with zero attached hydrogens (tertiary/aromatic N) is 1. The SMILES string of the molecule is CCBr.Cc1ncccc1O. The Balaban J connectivity index is 0.000000292. The molecule has 1 aromatic heterocycles. The van der Waals surface area contributed by atoms with Crippen molar-refractivity contribution in [2.45, 2.75) is 13.8 Å². The van der Waals surface area contributed by atoms with Crippen LogP contribution in [0, 0.1) is 6.92 Å². The fourth-order valence-corrected chi connectivity index (χ4v) is 0.476. The Morgan fingerprint density at radius 2 is 2.18 bits per heavy atom. The van der Waals surface area contributed by atoms with Crippen LogP contribution in [-0.2, 0) is 0 Å². The highest BCUT2D eigenvalue weighted by Crippen LogP contribution is 2.08. The average molecular weight is 218 g/mol. The molecule has 0 bridgehead atoms. The van der Waals surface area contributed by atoms with Gasteiger partial charge in [-0.1, -0.05) is 22.9 Å². The lowest BCUT2D eigenvalue weighted by molar-refractivity contribution is 0.467. The average Bonchev–Trinajstić information content (AvgIpc) is 1.97. The molecular formula is C8H12BrNO. The zero-order chi connectivity index (χ0) is 8.69. The number of rotatable bonds is 0. The molecule has 1 aromatic rings. The summed E-state index contributed by atoms with van der Waals surface area (Å²) < 4.78 is 0. The maximum Gasteiger partial charge on any atom is 0.136 e. The molecule has 0 amide bonds. The van der Waals surface area contributed by atoms with Crippen molar-refractivity contribution in [3.63, 3.8) is 0 Å². The van der Waals surface area contributed by atoms with Gasteiger partial charge in [0.1, 0.15) is 5.75 Å². The van der Waals surface area contributed by atoms with Gasteiger partial charge in [-0.05, 0) is 19.1 Å². The Bertz CT molecular complexity index is 182. The van der Waals surface area contributed by atoms with E-state index >= 15 is 0 Å². The van der Waals surface area contributed by atoms with E-state index in [0.717, 1.165) is 5.33 Å². The molecular weight excluding hydrogens is 206 g/mol. The quantitative estimate of drug-likeness (QED) is 0.678. The number of halogens is 1. The molecule has 1 heterocycles. The van der Waals surface area contributed by atoms with Crippen LogP contribution in [0.4, 0.5) is 0 Å². The first-order valence-corrected chi connectivity index (χ1v) is 4.51. The number of aryl methyl sites for hydroxylation is 1. The van der Waals surface area contributed by atoms with E-state index in [4.69, 9.17) is 5.11 Å². The van der Waals surface area contributed by atoms with Gasteiger partial charge in [0.15, 0.2) is 0 Å². The monoisotopic (exact) mass is 217 g/mol. The van der Waals surface area contributed by atoms with Gasteiger partial charge in [-0.25, -0.2) is 0 Å². The molecule has 0 atom stereocenters. The highest BCUT2D eigenvalue weighted by atomic mass is 79.9. The zero-order valence-electron chi connectivity index (χ0n) is 6.71. The number of aromatic nitrogens is 1. The molecule has 1 rings (SSSR count). The number of aromatic hydroxyl groups is 1. The maximum atomic E-state index is 8.86. The lowest BCUT2D eigenvalue weighted by Crippen LogP contribution is -1.76. The lowest BCUT2D eigenvalue weighted by atomic mass is 10.3. The Hall–Kier alpha value is -0.570. The van der Waals surface area contributed by atoms with E-state index in [1.807, 2.05) is 6.92 Å². The molecule has 1 N–H and O–H groups in total. The van der Waals surface area contributed by atoms with Gasteiger partial charge in [-0.3, -0.25) is 4.98 Å². The molecule has 0 aliphatic rings. The van der Waals surface area contributed by atoms with Gasteiger partial charge in [-0.15, -0.1) is 0 Å². The van der Waals surface area contributed by atoms with E-state index in [2.05, 4.69) is 20.9 Å². The normalized spacial score (nSPS) is 8.27. The first kappa shape index (κ1) is 10.4. The Morgan fingerprint density at radius 1 is 1.64 bits per heavy atom. The summed E-state index contributed by atoms with van der Waals surface area (Å²) in [7, 11) is 0. The lowest BCUT2D eigenvalue weighted by Gasteiger charge is -1.91. The van der Waals surface area contributed by atoms with Crippen molar-refractivity contribution in [3.05, 3.63) is 24.0 Å². The largest absolute Gasteiger partial charge is 0.506 e. The second-order valence-electron chi connectivity index (χ2n) is 1.88. The topological polar surface area (TPSA) is 33.1 Å². The van der Waals surface area contributed by atoms with Crippen molar-refractivity contribution in [2.24, 2.45) is 0 Å². The summed E-state index contributed by atoms with van der Waals surface area (Å²) in [6, 6.07) is 3.31. The highest BCUT2D eigenvalue weighted by Gasteiger charge is 1.88. The smallest absolute Gasteiger partial charge is 0.136 e. The molecule has 0 aliphatic carbocycles. The van der Waals surface area contributed by atoms with Gasteiger partial charge in [-0.2, -0.15) is 0 Å². The predicted molar refractivity (Wildman–Crippen MR) is 50.1 cm³/mol. The Kier molecular flexibility index (Phi) is 5.84. The number of hydrogen-bond acceptors (Lipinski definition) is 2. The molecule has 0 saturated heterocycles. The van der Waals surface area contributed by atoms with Crippen molar-refractivity contribution in [1.29, 1.82) is 0 Å². The molecule has 0 spiro atoms. The van der Waals surface area contributed by atoms with E-state index in [0.29, 0.717) is 5.69 Å². The molecule has 62 valence electrons. The Labute approximate surface area is 75.4 Å². The minimum Gasteiger partial charge on any atom is -0.506 e. The fourth-order valence-electron chi connectivity index (χ4n) is 0.476. The van der Waals surface area contributed by atoms with Crippen molar-refractivity contribution < 1.29 is 5.11 Å². The van der Waals surface area contributed by atoms with Crippen molar-refractivity contribution >= 4 is 15.9 Å². The van der Waals surface area contributed by atoms with E-state index < -0.39 is 0 Å². The van der Waals surface area contributed by atoms with Gasteiger partial charge in [0, 0.05) is 11.5 Å². The summed E-state index contributed by atoms with van der Waals surface area (Å²) in [5.74, 6) is 0.257. The third-order valence-electron chi connectivity index (χ3n) is 0.979. The van der Waals surface area contributed by atoms with Crippen LogP contribution in [0.5, 0.6) is 5.75 Å². The molecule has 0 fully saturated rings.